The van der Waals surface area contributed by atoms with E-state index in [9.17, 15) is 66.4 Å². The second-order valence-electron chi connectivity index (χ2n) is 13.1. The molecule has 0 radical (unpaired) electrons. The minimum Gasteiger partial charge on any atom is -0.508 e. The Hall–Kier alpha value is -5.40. The quantitative estimate of drug-likeness (QED) is 0.122. The molecule has 17 nitrogen and oxygen atoms in total. The monoisotopic (exact) mass is 740 g/mol. The SMILES string of the molecule is OC[C@H]1O[C@@H](O[C@@H]2Cc3c(O)cc(O)c([C@H]4c5c(O)cc(O)cc5O[C@H](c5ccc(O)c(O)c5)[C@@H]4O)c3O[C@@H]2c2ccc(O)c(O)c2)[C@H](O)[C@H](O)[C@@H]1O. The first-order valence-corrected chi connectivity index (χ1v) is 16.3. The first kappa shape index (κ1) is 36.0. The van der Waals surface area contributed by atoms with Crippen molar-refractivity contribution in [2.24, 2.45) is 0 Å². The number of fused-ring (bicyclic) bond motifs is 2. The zero-order valence-corrected chi connectivity index (χ0v) is 27.3. The van der Waals surface area contributed by atoms with E-state index in [4.69, 9.17) is 18.9 Å². The highest BCUT2D eigenvalue weighted by Crippen LogP contribution is 2.57. The van der Waals surface area contributed by atoms with E-state index in [2.05, 4.69) is 0 Å². The van der Waals surface area contributed by atoms with Gasteiger partial charge in [0, 0.05) is 41.3 Å². The number of rotatable bonds is 6. The third-order valence-corrected chi connectivity index (χ3v) is 9.81. The molecule has 3 aliphatic rings. The lowest BCUT2D eigenvalue weighted by Crippen LogP contribution is -2.60. The third kappa shape index (κ3) is 6.17. The van der Waals surface area contributed by atoms with Gasteiger partial charge < -0.3 is 85.3 Å². The number of hydrogen-bond donors (Lipinski definition) is 13. The molecule has 13 N–H and O–H groups in total. The Morgan fingerprint density at radius 3 is 1.83 bits per heavy atom. The van der Waals surface area contributed by atoms with Crippen molar-refractivity contribution < 1.29 is 85.3 Å². The molecule has 53 heavy (non-hydrogen) atoms. The van der Waals surface area contributed by atoms with Gasteiger partial charge >= 0.3 is 0 Å². The minimum atomic E-state index is -1.84. The molecular weight excluding hydrogens is 704 g/mol. The fraction of sp³-hybridized carbons (Fsp3) is 0.333. The molecule has 4 aromatic carbocycles. The number of phenols is 8. The highest BCUT2D eigenvalue weighted by molar-refractivity contribution is 5.66. The van der Waals surface area contributed by atoms with Crippen LogP contribution in [0, 0.1) is 0 Å². The average Bonchev–Trinajstić information content (AvgIpc) is 3.11. The molecule has 0 aliphatic carbocycles. The van der Waals surface area contributed by atoms with Gasteiger partial charge in [0.1, 0.15) is 71.1 Å². The van der Waals surface area contributed by atoms with E-state index < -0.39 is 114 Å². The van der Waals surface area contributed by atoms with Crippen LogP contribution < -0.4 is 9.47 Å². The van der Waals surface area contributed by atoms with Crippen molar-refractivity contribution in [1.82, 2.24) is 0 Å². The lowest BCUT2D eigenvalue weighted by molar-refractivity contribution is -0.317. The van der Waals surface area contributed by atoms with E-state index in [0.29, 0.717) is 0 Å². The molecule has 7 rings (SSSR count). The zero-order valence-electron chi connectivity index (χ0n) is 27.3. The van der Waals surface area contributed by atoms with E-state index in [-0.39, 0.29) is 45.7 Å². The molecule has 1 saturated heterocycles. The van der Waals surface area contributed by atoms with Crippen molar-refractivity contribution in [2.75, 3.05) is 6.61 Å². The predicted octanol–water partition coefficient (Wildman–Crippen LogP) is 0.819. The van der Waals surface area contributed by atoms with Crippen LogP contribution >= 0.6 is 0 Å². The maximum absolute atomic E-state index is 12.0. The van der Waals surface area contributed by atoms with Crippen molar-refractivity contribution in [3.63, 3.8) is 0 Å². The van der Waals surface area contributed by atoms with E-state index in [1.165, 1.54) is 12.1 Å². The molecule has 0 unspecified atom stereocenters. The van der Waals surface area contributed by atoms with Crippen LogP contribution in [0.2, 0.25) is 0 Å². The Bertz CT molecular complexity index is 2030. The summed E-state index contributed by atoms with van der Waals surface area (Å²) in [5.74, 6) is -6.01. The van der Waals surface area contributed by atoms with E-state index in [0.717, 1.165) is 42.5 Å². The Labute approximate surface area is 299 Å². The molecule has 17 heteroatoms. The largest absolute Gasteiger partial charge is 0.508 e. The van der Waals surface area contributed by atoms with Gasteiger partial charge in [-0.3, -0.25) is 0 Å². The van der Waals surface area contributed by atoms with Crippen LogP contribution in [-0.4, -0.2) is 116 Å². The van der Waals surface area contributed by atoms with E-state index in [1.54, 1.807) is 0 Å². The second kappa shape index (κ2) is 13.5. The minimum absolute atomic E-state index is 0.0241. The number of aliphatic hydroxyl groups is 5. The number of aromatic hydroxyl groups is 8. The van der Waals surface area contributed by atoms with Crippen molar-refractivity contribution in [1.29, 1.82) is 0 Å². The molecule has 0 bridgehead atoms. The van der Waals surface area contributed by atoms with Gasteiger partial charge in [-0.1, -0.05) is 12.1 Å². The predicted molar refractivity (Wildman–Crippen MR) is 176 cm³/mol. The molecule has 0 saturated carbocycles. The fourth-order valence-electron chi connectivity index (χ4n) is 7.16. The molecule has 0 aromatic heterocycles. The number of benzene rings is 4. The topological polar surface area (TPSA) is 300 Å². The van der Waals surface area contributed by atoms with Gasteiger partial charge in [-0.15, -0.1) is 0 Å². The second-order valence-corrected chi connectivity index (χ2v) is 13.1. The summed E-state index contributed by atoms with van der Waals surface area (Å²) in [6.45, 7) is -0.752. The molecule has 1 fully saturated rings. The molecule has 282 valence electrons. The van der Waals surface area contributed by atoms with E-state index in [1.807, 2.05) is 0 Å². The van der Waals surface area contributed by atoms with Crippen LogP contribution in [0.1, 0.15) is 45.9 Å². The van der Waals surface area contributed by atoms with Crippen LogP contribution in [0.3, 0.4) is 0 Å². The van der Waals surface area contributed by atoms with Gasteiger partial charge in [0.25, 0.3) is 0 Å². The van der Waals surface area contributed by atoms with Crippen molar-refractivity contribution in [3.05, 3.63) is 82.4 Å². The fourth-order valence-corrected chi connectivity index (χ4v) is 7.16. The number of ether oxygens (including phenoxy) is 4. The van der Waals surface area contributed by atoms with Gasteiger partial charge in [-0.25, -0.2) is 0 Å². The summed E-state index contributed by atoms with van der Waals surface area (Å²) in [7, 11) is 0. The van der Waals surface area contributed by atoms with Crippen LogP contribution in [0.15, 0.2) is 54.6 Å². The van der Waals surface area contributed by atoms with Crippen molar-refractivity contribution in [2.45, 2.75) is 67.5 Å². The average molecular weight is 741 g/mol. The molecule has 4 aromatic rings. The molecule has 10 atom stereocenters. The molecule has 3 aliphatic heterocycles. The lowest BCUT2D eigenvalue weighted by atomic mass is 9.77. The molecular formula is C36H36O17. The Morgan fingerprint density at radius 1 is 0.585 bits per heavy atom. The first-order valence-electron chi connectivity index (χ1n) is 16.3. The first-order chi connectivity index (χ1) is 25.2. The Balaban J connectivity index is 1.38. The highest BCUT2D eigenvalue weighted by atomic mass is 16.7. The van der Waals surface area contributed by atoms with Gasteiger partial charge in [-0.05, 0) is 35.4 Å². The normalized spacial score (nSPS) is 29.4. The van der Waals surface area contributed by atoms with Crippen molar-refractivity contribution in [3.8, 4) is 57.5 Å². The van der Waals surface area contributed by atoms with Crippen LogP contribution in [0.4, 0.5) is 0 Å². The summed E-state index contributed by atoms with van der Waals surface area (Å²) in [5, 5.41) is 138. The highest BCUT2D eigenvalue weighted by Gasteiger charge is 2.49. The van der Waals surface area contributed by atoms with Crippen molar-refractivity contribution >= 4 is 0 Å². The molecule has 0 spiro atoms. The number of phenolic OH excluding ortho intramolecular Hbond substituents is 8. The van der Waals surface area contributed by atoms with Gasteiger partial charge in [-0.2, -0.15) is 0 Å². The zero-order chi connectivity index (χ0) is 38.0. The summed E-state index contributed by atoms with van der Waals surface area (Å²) in [4.78, 5) is 0. The molecule has 3 heterocycles. The maximum Gasteiger partial charge on any atom is 0.187 e. The summed E-state index contributed by atoms with van der Waals surface area (Å²) < 4.78 is 24.1. The van der Waals surface area contributed by atoms with E-state index >= 15 is 0 Å². The van der Waals surface area contributed by atoms with Gasteiger partial charge in [0.2, 0.25) is 0 Å². The Kier molecular flexibility index (Phi) is 9.19. The molecule has 0 amide bonds. The number of aliphatic hydroxyl groups excluding tert-OH is 5. The Morgan fingerprint density at radius 2 is 1.21 bits per heavy atom. The third-order valence-electron chi connectivity index (χ3n) is 9.81. The summed E-state index contributed by atoms with van der Waals surface area (Å²) in [5.41, 5.74) is -0.0378. The summed E-state index contributed by atoms with van der Waals surface area (Å²) >= 11 is 0. The van der Waals surface area contributed by atoms with Gasteiger partial charge in [0.15, 0.2) is 41.5 Å². The summed E-state index contributed by atoms with van der Waals surface area (Å²) in [6, 6.07) is 10.4. The standard InChI is InChI=1S/C36H36O17/c37-11-25-29(46)31(48)32(49)36(52-25)51-24-9-15-18(41)10-22(45)27(35(15)53-33(24)12-1-3-16(39)19(42)5-12)28-26-21(44)7-14(38)8-23(26)50-34(30(28)47)13-2-4-17(40)20(43)6-13/h1-8,10,24-25,28-34,36-49H,9,11H2/t24-,25-,28-,29-,30-,31-,32-,33-,34-,36-/m1/s1. The van der Waals surface area contributed by atoms with Crippen LogP contribution in [0.5, 0.6) is 57.5 Å². The smallest absolute Gasteiger partial charge is 0.187 e. The lowest BCUT2D eigenvalue weighted by Gasteiger charge is -2.44. The van der Waals surface area contributed by atoms with Gasteiger partial charge in [0.05, 0.1) is 12.5 Å². The van der Waals surface area contributed by atoms with Crippen LogP contribution in [0.25, 0.3) is 0 Å². The number of hydrogen-bond acceptors (Lipinski definition) is 17. The van der Waals surface area contributed by atoms with Crippen LogP contribution in [-0.2, 0) is 15.9 Å². The maximum atomic E-state index is 12.0. The summed E-state index contributed by atoms with van der Waals surface area (Å²) in [6.07, 6.45) is -14.3.